The molecule has 4 rings (SSSR count). The van der Waals surface area contributed by atoms with E-state index in [-0.39, 0.29) is 5.91 Å². The number of nitrogens with one attached hydrogen (secondary N) is 1. The van der Waals surface area contributed by atoms with E-state index in [1.807, 2.05) is 43.3 Å². The normalized spacial score (nSPS) is 13.7. The van der Waals surface area contributed by atoms with Crippen LogP contribution in [0.5, 0.6) is 5.75 Å². The fourth-order valence-electron chi connectivity index (χ4n) is 4.86. The van der Waals surface area contributed by atoms with Gasteiger partial charge in [-0.3, -0.25) is 4.79 Å². The summed E-state index contributed by atoms with van der Waals surface area (Å²) in [5.41, 5.74) is 6.02. The standard InChI is InChI=1S/C29H35N3O2/c1-20-18-24(34-3)16-17-25(20)28-21(2)30-29(26(31-28)19-23-12-7-8-13-23)32-27(33)15-9-14-22-10-5-4-6-11-22/h4-6,10-11,16-18,23H,7-9,12-15,19H2,1-3H3,(H,30,32,33). The fraction of sp³-hybridized carbons (Fsp3) is 0.414. The van der Waals surface area contributed by atoms with Gasteiger partial charge in [0.25, 0.3) is 0 Å². The number of amides is 1. The number of rotatable bonds is 9. The maximum Gasteiger partial charge on any atom is 0.225 e. The third-order valence-corrected chi connectivity index (χ3v) is 6.76. The Bertz CT molecular complexity index is 1120. The smallest absolute Gasteiger partial charge is 0.225 e. The minimum atomic E-state index is 0.00526. The van der Waals surface area contributed by atoms with Crippen LogP contribution in [0.4, 0.5) is 5.82 Å². The third-order valence-electron chi connectivity index (χ3n) is 6.76. The quantitative estimate of drug-likeness (QED) is 0.400. The van der Waals surface area contributed by atoms with Crippen molar-refractivity contribution in [2.45, 2.75) is 65.2 Å². The number of aromatic nitrogens is 2. The van der Waals surface area contributed by atoms with Crippen molar-refractivity contribution in [2.24, 2.45) is 5.92 Å². The zero-order chi connectivity index (χ0) is 23.9. The first-order valence-corrected chi connectivity index (χ1v) is 12.4. The molecule has 3 aromatic rings. The molecule has 5 heteroatoms. The molecule has 0 saturated heterocycles. The molecule has 0 aliphatic heterocycles. The molecule has 1 saturated carbocycles. The summed E-state index contributed by atoms with van der Waals surface area (Å²) in [6, 6.07) is 16.3. The number of anilines is 1. The van der Waals surface area contributed by atoms with E-state index in [4.69, 9.17) is 14.7 Å². The molecule has 1 heterocycles. The lowest BCUT2D eigenvalue weighted by Crippen LogP contribution is -2.17. The molecule has 178 valence electrons. The molecule has 0 atom stereocenters. The predicted octanol–water partition coefficient (Wildman–Crippen LogP) is 6.46. The van der Waals surface area contributed by atoms with Crippen molar-refractivity contribution in [1.82, 2.24) is 9.97 Å². The molecule has 1 aliphatic carbocycles. The van der Waals surface area contributed by atoms with E-state index in [1.165, 1.54) is 31.2 Å². The fourth-order valence-corrected chi connectivity index (χ4v) is 4.86. The van der Waals surface area contributed by atoms with Crippen LogP contribution >= 0.6 is 0 Å². The maximum absolute atomic E-state index is 12.8. The number of aryl methyl sites for hydroxylation is 3. The molecular formula is C29H35N3O2. The number of hydrogen-bond acceptors (Lipinski definition) is 4. The van der Waals surface area contributed by atoms with Crippen LogP contribution in [-0.4, -0.2) is 23.0 Å². The summed E-state index contributed by atoms with van der Waals surface area (Å²) < 4.78 is 5.37. The van der Waals surface area contributed by atoms with Crippen molar-refractivity contribution in [3.05, 3.63) is 71.0 Å². The number of carbonyl (C=O) groups excluding carboxylic acids is 1. The summed E-state index contributed by atoms with van der Waals surface area (Å²) in [5, 5.41) is 3.09. The summed E-state index contributed by atoms with van der Waals surface area (Å²) >= 11 is 0. The van der Waals surface area contributed by atoms with Crippen molar-refractivity contribution >= 4 is 11.7 Å². The van der Waals surface area contributed by atoms with Crippen LogP contribution < -0.4 is 10.1 Å². The molecule has 1 fully saturated rings. The largest absolute Gasteiger partial charge is 0.497 e. The van der Waals surface area contributed by atoms with Gasteiger partial charge in [0.2, 0.25) is 5.91 Å². The Morgan fingerprint density at radius 1 is 1.06 bits per heavy atom. The van der Waals surface area contributed by atoms with E-state index >= 15 is 0 Å². The topological polar surface area (TPSA) is 64.1 Å². The highest BCUT2D eigenvalue weighted by Crippen LogP contribution is 2.33. The van der Waals surface area contributed by atoms with Gasteiger partial charge in [0, 0.05) is 12.0 Å². The van der Waals surface area contributed by atoms with Crippen molar-refractivity contribution in [2.75, 3.05) is 12.4 Å². The highest BCUT2D eigenvalue weighted by Gasteiger charge is 2.22. The van der Waals surface area contributed by atoms with Gasteiger partial charge >= 0.3 is 0 Å². The van der Waals surface area contributed by atoms with Crippen LogP contribution in [0.2, 0.25) is 0 Å². The Labute approximate surface area is 203 Å². The lowest BCUT2D eigenvalue weighted by atomic mass is 9.99. The van der Waals surface area contributed by atoms with Gasteiger partial charge in [-0.25, -0.2) is 9.97 Å². The lowest BCUT2D eigenvalue weighted by Gasteiger charge is -2.17. The van der Waals surface area contributed by atoms with E-state index in [0.29, 0.717) is 18.2 Å². The van der Waals surface area contributed by atoms with Gasteiger partial charge < -0.3 is 10.1 Å². The number of nitrogens with zero attached hydrogens (tertiary/aromatic N) is 2. The van der Waals surface area contributed by atoms with E-state index < -0.39 is 0 Å². The first kappa shape index (κ1) is 23.9. The van der Waals surface area contributed by atoms with Crippen LogP contribution in [0, 0.1) is 19.8 Å². The molecule has 34 heavy (non-hydrogen) atoms. The number of ether oxygens (including phenoxy) is 1. The Kier molecular flexibility index (Phi) is 7.94. The first-order chi connectivity index (χ1) is 16.5. The van der Waals surface area contributed by atoms with Gasteiger partial charge in [-0.05, 0) is 68.4 Å². The van der Waals surface area contributed by atoms with Crippen molar-refractivity contribution in [1.29, 1.82) is 0 Å². The summed E-state index contributed by atoms with van der Waals surface area (Å²) in [7, 11) is 1.68. The van der Waals surface area contributed by atoms with E-state index in [0.717, 1.165) is 53.2 Å². The summed E-state index contributed by atoms with van der Waals surface area (Å²) in [6.45, 7) is 4.04. The number of carbonyl (C=O) groups is 1. The average Bonchev–Trinajstić information content (AvgIpc) is 3.35. The number of methoxy groups -OCH3 is 1. The average molecular weight is 458 g/mol. The molecule has 5 nitrogen and oxygen atoms in total. The lowest BCUT2D eigenvalue weighted by molar-refractivity contribution is -0.116. The van der Waals surface area contributed by atoms with Gasteiger partial charge in [0.15, 0.2) is 5.82 Å². The molecule has 1 aromatic heterocycles. The minimum absolute atomic E-state index is 0.00526. The second-order valence-corrected chi connectivity index (χ2v) is 9.38. The molecule has 0 bridgehead atoms. The van der Waals surface area contributed by atoms with Crippen LogP contribution in [0.15, 0.2) is 48.5 Å². The first-order valence-electron chi connectivity index (χ1n) is 12.4. The highest BCUT2D eigenvalue weighted by molar-refractivity contribution is 5.90. The van der Waals surface area contributed by atoms with Gasteiger partial charge in [-0.15, -0.1) is 0 Å². The SMILES string of the molecule is COc1ccc(-c2nc(CC3CCCC3)c(NC(=O)CCCc3ccccc3)nc2C)c(C)c1. The Balaban J connectivity index is 1.54. The summed E-state index contributed by atoms with van der Waals surface area (Å²) in [5.74, 6) is 2.07. The Morgan fingerprint density at radius 3 is 2.53 bits per heavy atom. The molecule has 0 radical (unpaired) electrons. The van der Waals surface area contributed by atoms with Gasteiger partial charge in [-0.2, -0.15) is 0 Å². The van der Waals surface area contributed by atoms with Crippen molar-refractivity contribution in [3.63, 3.8) is 0 Å². The summed E-state index contributed by atoms with van der Waals surface area (Å²) in [6.07, 6.45) is 8.01. The zero-order valence-electron chi connectivity index (χ0n) is 20.6. The van der Waals surface area contributed by atoms with Crippen molar-refractivity contribution in [3.8, 4) is 17.0 Å². The zero-order valence-corrected chi connectivity index (χ0v) is 20.6. The molecule has 1 aliphatic rings. The van der Waals surface area contributed by atoms with E-state index in [9.17, 15) is 4.79 Å². The number of hydrogen-bond donors (Lipinski definition) is 1. The van der Waals surface area contributed by atoms with Gasteiger partial charge in [0.05, 0.1) is 24.2 Å². The van der Waals surface area contributed by atoms with Crippen LogP contribution in [0.1, 0.15) is 61.0 Å². The predicted molar refractivity (Wildman–Crippen MR) is 137 cm³/mol. The molecule has 2 aromatic carbocycles. The molecule has 0 spiro atoms. The third kappa shape index (κ3) is 6.02. The van der Waals surface area contributed by atoms with Gasteiger partial charge in [-0.1, -0.05) is 56.0 Å². The van der Waals surface area contributed by atoms with E-state index in [1.54, 1.807) is 7.11 Å². The molecule has 1 amide bonds. The van der Waals surface area contributed by atoms with Crippen LogP contribution in [0.3, 0.4) is 0 Å². The van der Waals surface area contributed by atoms with Crippen molar-refractivity contribution < 1.29 is 9.53 Å². The Hall–Kier alpha value is -3.21. The molecular weight excluding hydrogens is 422 g/mol. The second-order valence-electron chi connectivity index (χ2n) is 9.38. The minimum Gasteiger partial charge on any atom is -0.497 e. The van der Waals surface area contributed by atoms with Crippen LogP contribution in [0.25, 0.3) is 11.3 Å². The molecule has 0 unspecified atom stereocenters. The van der Waals surface area contributed by atoms with Crippen LogP contribution in [-0.2, 0) is 17.6 Å². The van der Waals surface area contributed by atoms with Gasteiger partial charge in [0.1, 0.15) is 5.75 Å². The monoisotopic (exact) mass is 457 g/mol. The van der Waals surface area contributed by atoms with E-state index in [2.05, 4.69) is 24.4 Å². The summed E-state index contributed by atoms with van der Waals surface area (Å²) in [4.78, 5) is 22.7. The highest BCUT2D eigenvalue weighted by atomic mass is 16.5. The second kappa shape index (κ2) is 11.3. The molecule has 1 N–H and O–H groups in total. The maximum atomic E-state index is 12.8. The Morgan fingerprint density at radius 2 is 1.82 bits per heavy atom. The number of benzene rings is 2.